The molecule has 2 aromatic carbocycles. The van der Waals surface area contributed by atoms with Crippen LogP contribution >= 0.6 is 0 Å². The number of aryl methyl sites for hydroxylation is 2. The zero-order chi connectivity index (χ0) is 19.6. The fourth-order valence-electron chi connectivity index (χ4n) is 3.01. The van der Waals surface area contributed by atoms with Crippen LogP contribution in [0.5, 0.6) is 0 Å². The molecule has 27 heavy (non-hydrogen) atoms. The van der Waals surface area contributed by atoms with Gasteiger partial charge in [0.15, 0.2) is 0 Å². The lowest BCUT2D eigenvalue weighted by Crippen LogP contribution is -2.27. The maximum atomic E-state index is 12.6. The number of carbonyl (C=O) groups excluding carboxylic acids is 1. The Hall–Kier alpha value is -3.48. The van der Waals surface area contributed by atoms with Crippen LogP contribution in [0.15, 0.2) is 55.1 Å². The van der Waals surface area contributed by atoms with E-state index in [2.05, 4.69) is 10.3 Å². The number of nitro groups is 1. The number of benzene rings is 2. The molecule has 7 nitrogen and oxygen atoms in total. The second-order valence-corrected chi connectivity index (χ2v) is 6.49. The van der Waals surface area contributed by atoms with Crippen molar-refractivity contribution in [3.05, 3.63) is 87.5 Å². The Morgan fingerprint density at radius 3 is 2.67 bits per heavy atom. The molecular formula is C20H20N4O3. The van der Waals surface area contributed by atoms with Gasteiger partial charge < -0.3 is 9.88 Å². The predicted octanol–water partition coefficient (Wildman–Crippen LogP) is 3.89. The fraction of sp³-hybridized carbons (Fsp3) is 0.200. The zero-order valence-electron chi connectivity index (χ0n) is 15.3. The van der Waals surface area contributed by atoms with Gasteiger partial charge in [-0.2, -0.15) is 0 Å². The molecule has 0 aliphatic heterocycles. The second-order valence-electron chi connectivity index (χ2n) is 6.49. The van der Waals surface area contributed by atoms with Crippen LogP contribution in [0.25, 0.3) is 5.69 Å². The van der Waals surface area contributed by atoms with E-state index in [-0.39, 0.29) is 23.2 Å². The summed E-state index contributed by atoms with van der Waals surface area (Å²) in [6, 6.07) is 10.3. The Labute approximate surface area is 156 Å². The molecule has 0 aliphatic rings. The highest BCUT2D eigenvalue weighted by atomic mass is 16.6. The number of amides is 1. The molecule has 1 aromatic heterocycles. The summed E-state index contributed by atoms with van der Waals surface area (Å²) in [5, 5.41) is 14.4. The van der Waals surface area contributed by atoms with Gasteiger partial charge in [-0.15, -0.1) is 0 Å². The summed E-state index contributed by atoms with van der Waals surface area (Å²) in [7, 11) is 0. The van der Waals surface area contributed by atoms with Crippen LogP contribution in [0.3, 0.4) is 0 Å². The molecule has 0 bridgehead atoms. The van der Waals surface area contributed by atoms with E-state index in [1.807, 2.05) is 39.0 Å². The number of nitro benzene ring substituents is 1. The standard InChI is InChI=1S/C20H20N4O3/c1-13-4-5-14(2)17(10-13)15(3)22-20(25)16-6-7-18(19(11-16)24(26)27)23-9-8-21-12-23/h4-12,15H,1-3H3,(H,22,25). The average molecular weight is 364 g/mol. The van der Waals surface area contributed by atoms with Gasteiger partial charge in [0.2, 0.25) is 0 Å². The number of hydrogen-bond acceptors (Lipinski definition) is 4. The van der Waals surface area contributed by atoms with E-state index in [4.69, 9.17) is 0 Å². The van der Waals surface area contributed by atoms with E-state index in [1.54, 1.807) is 22.9 Å². The molecule has 3 aromatic rings. The molecule has 0 fully saturated rings. The van der Waals surface area contributed by atoms with E-state index < -0.39 is 4.92 Å². The van der Waals surface area contributed by atoms with Gasteiger partial charge in [-0.1, -0.05) is 23.8 Å². The molecule has 1 N–H and O–H groups in total. The first kappa shape index (κ1) is 18.3. The van der Waals surface area contributed by atoms with Crippen LogP contribution < -0.4 is 5.32 Å². The van der Waals surface area contributed by atoms with Crippen molar-refractivity contribution < 1.29 is 9.72 Å². The van der Waals surface area contributed by atoms with E-state index in [0.717, 1.165) is 16.7 Å². The van der Waals surface area contributed by atoms with Gasteiger partial charge in [-0.05, 0) is 44.0 Å². The minimum atomic E-state index is -0.500. The third-order valence-electron chi connectivity index (χ3n) is 4.47. The summed E-state index contributed by atoms with van der Waals surface area (Å²) in [5.74, 6) is -0.358. The summed E-state index contributed by atoms with van der Waals surface area (Å²) >= 11 is 0. The summed E-state index contributed by atoms with van der Waals surface area (Å²) in [5.41, 5.74) is 3.65. The monoisotopic (exact) mass is 364 g/mol. The van der Waals surface area contributed by atoms with Crippen molar-refractivity contribution in [2.24, 2.45) is 0 Å². The van der Waals surface area contributed by atoms with Crippen molar-refractivity contribution in [2.45, 2.75) is 26.8 Å². The molecule has 1 amide bonds. The van der Waals surface area contributed by atoms with E-state index in [0.29, 0.717) is 5.69 Å². The summed E-state index contributed by atoms with van der Waals surface area (Å²) < 4.78 is 1.54. The predicted molar refractivity (Wildman–Crippen MR) is 102 cm³/mol. The van der Waals surface area contributed by atoms with Gasteiger partial charge in [0.25, 0.3) is 11.6 Å². The Bertz CT molecular complexity index is 996. The number of rotatable bonds is 5. The van der Waals surface area contributed by atoms with Crippen molar-refractivity contribution in [1.29, 1.82) is 0 Å². The lowest BCUT2D eigenvalue weighted by Gasteiger charge is -2.17. The lowest BCUT2D eigenvalue weighted by molar-refractivity contribution is -0.384. The van der Waals surface area contributed by atoms with Gasteiger partial charge in [0, 0.05) is 24.0 Å². The SMILES string of the molecule is Cc1ccc(C)c(C(C)NC(=O)c2ccc(-n3ccnc3)c([N+](=O)[O-])c2)c1. The van der Waals surface area contributed by atoms with Crippen molar-refractivity contribution in [1.82, 2.24) is 14.9 Å². The molecule has 3 rings (SSSR count). The molecule has 0 radical (unpaired) electrons. The Kier molecular flexibility index (Phi) is 5.03. The molecule has 0 spiro atoms. The maximum Gasteiger partial charge on any atom is 0.294 e. The number of imidazole rings is 1. The highest BCUT2D eigenvalue weighted by Crippen LogP contribution is 2.25. The van der Waals surface area contributed by atoms with Crippen LogP contribution in [0, 0.1) is 24.0 Å². The molecular weight excluding hydrogens is 344 g/mol. The van der Waals surface area contributed by atoms with Crippen LogP contribution in [-0.2, 0) is 0 Å². The second kappa shape index (κ2) is 7.41. The van der Waals surface area contributed by atoms with E-state index >= 15 is 0 Å². The summed E-state index contributed by atoms with van der Waals surface area (Å²) in [4.78, 5) is 27.5. The highest BCUT2D eigenvalue weighted by molar-refractivity contribution is 5.95. The first-order valence-electron chi connectivity index (χ1n) is 8.51. The average Bonchev–Trinajstić information content (AvgIpc) is 3.17. The van der Waals surface area contributed by atoms with Gasteiger partial charge in [-0.3, -0.25) is 14.9 Å². The van der Waals surface area contributed by atoms with Crippen LogP contribution in [-0.4, -0.2) is 20.4 Å². The summed E-state index contributed by atoms with van der Waals surface area (Å²) in [6.07, 6.45) is 4.63. The number of hydrogen-bond donors (Lipinski definition) is 1. The third-order valence-corrected chi connectivity index (χ3v) is 4.47. The third kappa shape index (κ3) is 3.87. The molecule has 1 atom stereocenters. The van der Waals surface area contributed by atoms with Crippen molar-refractivity contribution in [3.8, 4) is 5.69 Å². The van der Waals surface area contributed by atoms with Crippen LogP contribution in [0.4, 0.5) is 5.69 Å². The van der Waals surface area contributed by atoms with Gasteiger partial charge in [0.05, 0.1) is 17.3 Å². The molecule has 0 saturated heterocycles. The van der Waals surface area contributed by atoms with Crippen LogP contribution in [0.2, 0.25) is 0 Å². The Morgan fingerprint density at radius 1 is 1.22 bits per heavy atom. The quantitative estimate of drug-likeness (QED) is 0.549. The zero-order valence-corrected chi connectivity index (χ0v) is 15.3. The largest absolute Gasteiger partial charge is 0.346 e. The minimum Gasteiger partial charge on any atom is -0.346 e. The smallest absolute Gasteiger partial charge is 0.294 e. The van der Waals surface area contributed by atoms with Gasteiger partial charge >= 0.3 is 0 Å². The molecule has 1 unspecified atom stereocenters. The maximum absolute atomic E-state index is 12.6. The number of aromatic nitrogens is 2. The normalized spacial score (nSPS) is 11.8. The first-order valence-corrected chi connectivity index (χ1v) is 8.51. The van der Waals surface area contributed by atoms with Crippen molar-refractivity contribution in [3.63, 3.8) is 0 Å². The molecule has 0 saturated carbocycles. The van der Waals surface area contributed by atoms with Crippen molar-refractivity contribution >= 4 is 11.6 Å². The highest BCUT2D eigenvalue weighted by Gasteiger charge is 2.20. The Morgan fingerprint density at radius 2 is 2.00 bits per heavy atom. The van der Waals surface area contributed by atoms with E-state index in [1.165, 1.54) is 18.6 Å². The molecule has 7 heteroatoms. The van der Waals surface area contributed by atoms with Crippen molar-refractivity contribution in [2.75, 3.05) is 0 Å². The summed E-state index contributed by atoms with van der Waals surface area (Å²) in [6.45, 7) is 5.88. The minimum absolute atomic E-state index is 0.153. The first-order chi connectivity index (χ1) is 12.9. The van der Waals surface area contributed by atoms with Crippen LogP contribution in [0.1, 0.15) is 40.0 Å². The topological polar surface area (TPSA) is 90.1 Å². The Balaban J connectivity index is 1.87. The van der Waals surface area contributed by atoms with E-state index in [9.17, 15) is 14.9 Å². The van der Waals surface area contributed by atoms with Gasteiger partial charge in [0.1, 0.15) is 5.69 Å². The number of nitrogens with one attached hydrogen (secondary N) is 1. The lowest BCUT2D eigenvalue weighted by atomic mass is 9.99. The van der Waals surface area contributed by atoms with Gasteiger partial charge in [-0.25, -0.2) is 4.98 Å². The number of carbonyl (C=O) groups is 1. The fourth-order valence-corrected chi connectivity index (χ4v) is 3.01. The molecule has 1 heterocycles. The number of nitrogens with zero attached hydrogens (tertiary/aromatic N) is 3. The molecule has 138 valence electrons. The molecule has 0 aliphatic carbocycles.